The predicted octanol–water partition coefficient (Wildman–Crippen LogP) is 3.07. The third-order valence-corrected chi connectivity index (χ3v) is 4.33. The Balaban J connectivity index is 1.68. The summed E-state index contributed by atoms with van der Waals surface area (Å²) in [6.45, 7) is 0.771. The van der Waals surface area contributed by atoms with Gasteiger partial charge in [0.05, 0.1) is 6.61 Å². The molecule has 2 atom stereocenters. The molecule has 1 saturated carbocycles. The molecule has 1 heterocycles. The quantitative estimate of drug-likeness (QED) is 0.867. The fraction of sp³-hybridized carbons (Fsp3) is 0.600. The molecule has 0 radical (unpaired) electrons. The van der Waals surface area contributed by atoms with E-state index in [0.29, 0.717) is 5.92 Å². The van der Waals surface area contributed by atoms with Crippen LogP contribution in [0.2, 0.25) is 0 Å². The summed E-state index contributed by atoms with van der Waals surface area (Å²) < 4.78 is 5.72. The zero-order valence-corrected chi connectivity index (χ0v) is 10.3. The first kappa shape index (κ1) is 11.1. The Bertz CT molecular complexity index is 384. The zero-order valence-electron chi connectivity index (χ0n) is 10.3. The second-order valence-corrected chi connectivity index (χ2v) is 5.51. The lowest BCUT2D eigenvalue weighted by Gasteiger charge is -2.21. The summed E-state index contributed by atoms with van der Waals surface area (Å²) in [5, 5.41) is 0. The lowest BCUT2D eigenvalue weighted by Crippen LogP contribution is -2.31. The number of hydrogen-bond acceptors (Lipinski definition) is 2. The Morgan fingerprint density at radius 3 is 2.82 bits per heavy atom. The van der Waals surface area contributed by atoms with E-state index in [1.807, 2.05) is 6.07 Å². The van der Waals surface area contributed by atoms with Gasteiger partial charge in [-0.1, -0.05) is 43.9 Å². The third kappa shape index (κ3) is 2.19. The molecule has 2 heteroatoms. The van der Waals surface area contributed by atoms with E-state index in [2.05, 4.69) is 18.2 Å². The predicted molar refractivity (Wildman–Crippen MR) is 69.2 cm³/mol. The van der Waals surface area contributed by atoms with Gasteiger partial charge in [-0.15, -0.1) is 0 Å². The van der Waals surface area contributed by atoms with Crippen molar-refractivity contribution >= 4 is 0 Å². The van der Waals surface area contributed by atoms with Crippen LogP contribution < -0.4 is 10.5 Å². The lowest BCUT2D eigenvalue weighted by atomic mass is 9.87. The van der Waals surface area contributed by atoms with Crippen LogP contribution in [0.4, 0.5) is 0 Å². The van der Waals surface area contributed by atoms with Gasteiger partial charge < -0.3 is 10.5 Å². The highest BCUT2D eigenvalue weighted by molar-refractivity contribution is 5.40. The van der Waals surface area contributed by atoms with Crippen molar-refractivity contribution in [2.75, 3.05) is 6.61 Å². The maximum absolute atomic E-state index is 6.39. The first-order valence-corrected chi connectivity index (χ1v) is 6.82. The average molecular weight is 231 g/mol. The van der Waals surface area contributed by atoms with E-state index in [9.17, 15) is 0 Å². The number of ether oxygens (including phenoxy) is 1. The van der Waals surface area contributed by atoms with Crippen LogP contribution in [0.3, 0.4) is 0 Å². The molecule has 1 aromatic rings. The minimum absolute atomic E-state index is 0.266. The lowest BCUT2D eigenvalue weighted by molar-refractivity contribution is 0.297. The minimum atomic E-state index is 0.266. The molecule has 0 saturated heterocycles. The van der Waals surface area contributed by atoms with E-state index in [-0.39, 0.29) is 6.04 Å². The molecule has 92 valence electrons. The summed E-state index contributed by atoms with van der Waals surface area (Å²) in [5.41, 5.74) is 7.71. The summed E-state index contributed by atoms with van der Waals surface area (Å²) in [6, 6.07) is 8.60. The SMILES string of the molecule is NC(CC1CCCC1)C1COc2ccccc21. The van der Waals surface area contributed by atoms with Gasteiger partial charge in [0.25, 0.3) is 0 Å². The first-order chi connectivity index (χ1) is 8.34. The van der Waals surface area contributed by atoms with Gasteiger partial charge in [-0.2, -0.15) is 0 Å². The van der Waals surface area contributed by atoms with E-state index in [1.54, 1.807) is 0 Å². The van der Waals surface area contributed by atoms with Crippen LogP contribution in [-0.4, -0.2) is 12.6 Å². The maximum atomic E-state index is 6.39. The second kappa shape index (κ2) is 4.69. The number of fused-ring (bicyclic) bond motifs is 1. The largest absolute Gasteiger partial charge is 0.493 e. The van der Waals surface area contributed by atoms with E-state index < -0.39 is 0 Å². The Kier molecular flexibility index (Phi) is 3.06. The van der Waals surface area contributed by atoms with Crippen molar-refractivity contribution in [1.82, 2.24) is 0 Å². The van der Waals surface area contributed by atoms with E-state index >= 15 is 0 Å². The molecule has 1 aromatic carbocycles. The summed E-state index contributed by atoms with van der Waals surface area (Å²) in [6.07, 6.45) is 6.72. The zero-order chi connectivity index (χ0) is 11.7. The Morgan fingerprint density at radius 1 is 1.24 bits per heavy atom. The third-order valence-electron chi connectivity index (χ3n) is 4.33. The van der Waals surface area contributed by atoms with E-state index in [0.717, 1.165) is 18.3 Å². The second-order valence-electron chi connectivity index (χ2n) is 5.51. The molecule has 2 nitrogen and oxygen atoms in total. The van der Waals surface area contributed by atoms with Crippen LogP contribution in [-0.2, 0) is 0 Å². The van der Waals surface area contributed by atoms with Gasteiger partial charge >= 0.3 is 0 Å². The van der Waals surface area contributed by atoms with Crippen molar-refractivity contribution in [2.24, 2.45) is 11.7 Å². The maximum Gasteiger partial charge on any atom is 0.122 e. The van der Waals surface area contributed by atoms with Crippen LogP contribution in [0, 0.1) is 5.92 Å². The summed E-state index contributed by atoms with van der Waals surface area (Å²) >= 11 is 0. The molecule has 1 aliphatic heterocycles. The summed E-state index contributed by atoms with van der Waals surface area (Å²) in [7, 11) is 0. The van der Waals surface area contributed by atoms with E-state index in [4.69, 9.17) is 10.5 Å². The van der Waals surface area contributed by atoms with Crippen molar-refractivity contribution in [3.63, 3.8) is 0 Å². The van der Waals surface area contributed by atoms with Gasteiger partial charge in [0.1, 0.15) is 5.75 Å². The van der Waals surface area contributed by atoms with Crippen molar-refractivity contribution < 1.29 is 4.74 Å². The molecule has 0 spiro atoms. The van der Waals surface area contributed by atoms with E-state index in [1.165, 1.54) is 37.7 Å². The molecule has 2 aliphatic rings. The summed E-state index contributed by atoms with van der Waals surface area (Å²) in [4.78, 5) is 0. The molecule has 0 amide bonds. The monoisotopic (exact) mass is 231 g/mol. The van der Waals surface area contributed by atoms with Crippen molar-refractivity contribution in [3.8, 4) is 5.75 Å². The van der Waals surface area contributed by atoms with Crippen LogP contribution in [0.15, 0.2) is 24.3 Å². The number of rotatable bonds is 3. The number of benzene rings is 1. The van der Waals surface area contributed by atoms with Crippen molar-refractivity contribution in [3.05, 3.63) is 29.8 Å². The molecule has 0 aromatic heterocycles. The summed E-state index contributed by atoms with van der Waals surface area (Å²) in [5.74, 6) is 2.31. The van der Waals surface area contributed by atoms with Gasteiger partial charge in [-0.3, -0.25) is 0 Å². The highest BCUT2D eigenvalue weighted by atomic mass is 16.5. The molecular weight excluding hydrogens is 210 g/mol. The number of para-hydroxylation sites is 1. The molecular formula is C15H21NO. The van der Waals surface area contributed by atoms with Crippen molar-refractivity contribution in [2.45, 2.75) is 44.1 Å². The molecule has 3 rings (SSSR count). The van der Waals surface area contributed by atoms with Gasteiger partial charge in [-0.05, 0) is 18.4 Å². The van der Waals surface area contributed by atoms with Gasteiger partial charge in [0.2, 0.25) is 0 Å². The normalized spacial score (nSPS) is 25.6. The van der Waals surface area contributed by atoms with Crippen LogP contribution in [0.1, 0.15) is 43.6 Å². The Morgan fingerprint density at radius 2 is 2.00 bits per heavy atom. The number of hydrogen-bond donors (Lipinski definition) is 1. The highest BCUT2D eigenvalue weighted by Crippen LogP contribution is 2.38. The minimum Gasteiger partial charge on any atom is -0.493 e. The topological polar surface area (TPSA) is 35.2 Å². The highest BCUT2D eigenvalue weighted by Gasteiger charge is 2.31. The fourth-order valence-corrected chi connectivity index (χ4v) is 3.34. The van der Waals surface area contributed by atoms with Gasteiger partial charge in [0.15, 0.2) is 0 Å². The standard InChI is InChI=1S/C15H21NO/c16-14(9-11-5-1-2-6-11)13-10-17-15-8-4-3-7-12(13)15/h3-4,7-8,11,13-14H,1-2,5-6,9-10,16H2. The van der Waals surface area contributed by atoms with Crippen molar-refractivity contribution in [1.29, 1.82) is 0 Å². The Hall–Kier alpha value is -1.02. The first-order valence-electron chi connectivity index (χ1n) is 6.82. The molecule has 17 heavy (non-hydrogen) atoms. The fourth-order valence-electron chi connectivity index (χ4n) is 3.34. The molecule has 2 unspecified atom stereocenters. The Labute approximate surface area is 103 Å². The molecule has 1 fully saturated rings. The van der Waals surface area contributed by atoms with Crippen LogP contribution >= 0.6 is 0 Å². The van der Waals surface area contributed by atoms with Gasteiger partial charge in [0, 0.05) is 17.5 Å². The molecule has 0 bridgehead atoms. The molecule has 1 aliphatic carbocycles. The van der Waals surface area contributed by atoms with Crippen LogP contribution in [0.25, 0.3) is 0 Å². The van der Waals surface area contributed by atoms with Crippen LogP contribution in [0.5, 0.6) is 5.75 Å². The van der Waals surface area contributed by atoms with Gasteiger partial charge in [-0.25, -0.2) is 0 Å². The molecule has 2 N–H and O–H groups in total. The average Bonchev–Trinajstić information content (AvgIpc) is 2.96. The number of nitrogens with two attached hydrogens (primary N) is 1. The smallest absolute Gasteiger partial charge is 0.122 e.